The Kier molecular flexibility index (Phi) is 16.6. The van der Waals surface area contributed by atoms with Crippen LogP contribution in [-0.4, -0.2) is 83.0 Å². The van der Waals surface area contributed by atoms with E-state index in [1.54, 1.807) is 26.6 Å². The lowest BCUT2D eigenvalue weighted by atomic mass is 9.84. The summed E-state index contributed by atoms with van der Waals surface area (Å²) in [5.74, 6) is -0.533. The molecule has 8 rings (SSSR count). The maximum absolute atomic E-state index is 13.7. The van der Waals surface area contributed by atoms with Crippen LogP contribution in [0.5, 0.6) is 11.8 Å². The van der Waals surface area contributed by atoms with Crippen molar-refractivity contribution in [2.45, 2.75) is 120 Å². The summed E-state index contributed by atoms with van der Waals surface area (Å²) in [6.07, 6.45) is 5.22. The molecule has 0 bridgehead atoms. The van der Waals surface area contributed by atoms with Crippen molar-refractivity contribution in [1.29, 1.82) is 0 Å². The first-order valence-corrected chi connectivity index (χ1v) is 25.0. The van der Waals surface area contributed by atoms with E-state index in [2.05, 4.69) is 80.1 Å². The number of esters is 1. The highest BCUT2D eigenvalue weighted by Crippen LogP contribution is 2.37. The maximum atomic E-state index is 13.7. The fourth-order valence-corrected chi connectivity index (χ4v) is 10.6. The quantitative estimate of drug-likeness (QED) is 0.117. The Morgan fingerprint density at radius 3 is 1.25 bits per heavy atom. The Morgan fingerprint density at radius 2 is 0.904 bits per heavy atom. The summed E-state index contributed by atoms with van der Waals surface area (Å²) >= 11 is 0. The molecule has 0 fully saturated rings. The molecule has 0 radical (unpaired) electrons. The molecule has 2 aliphatic rings. The number of aliphatic carboxylic acids is 1. The second-order valence-electron chi connectivity index (χ2n) is 19.9. The van der Waals surface area contributed by atoms with Crippen molar-refractivity contribution in [1.82, 2.24) is 19.8 Å². The van der Waals surface area contributed by atoms with Gasteiger partial charge >= 0.3 is 11.9 Å². The summed E-state index contributed by atoms with van der Waals surface area (Å²) in [7, 11) is 4.56. The summed E-state index contributed by atoms with van der Waals surface area (Å²) < 4.78 is 15.5. The topological polar surface area (TPSA) is 148 Å². The zero-order chi connectivity index (χ0) is 53.0. The molecule has 0 saturated carbocycles. The number of pyridine rings is 2. The summed E-state index contributed by atoms with van der Waals surface area (Å²) in [5.41, 5.74) is 20.6. The van der Waals surface area contributed by atoms with E-state index < -0.39 is 5.97 Å². The van der Waals surface area contributed by atoms with Gasteiger partial charge < -0.3 is 29.1 Å². The minimum Gasteiger partial charge on any atom is -0.481 e. The largest absolute Gasteiger partial charge is 0.481 e. The molecule has 12 nitrogen and oxygen atoms in total. The van der Waals surface area contributed by atoms with Crippen LogP contribution in [0.25, 0.3) is 0 Å². The van der Waals surface area contributed by atoms with Crippen molar-refractivity contribution in [3.8, 4) is 11.8 Å². The molecule has 2 unspecified atom stereocenters. The summed E-state index contributed by atoms with van der Waals surface area (Å²) in [4.78, 5) is 64.2. The smallest absolute Gasteiger partial charge is 0.306 e. The molecule has 0 spiro atoms. The Labute approximate surface area is 430 Å². The molecule has 2 atom stereocenters. The van der Waals surface area contributed by atoms with Gasteiger partial charge in [0.25, 0.3) is 11.8 Å². The molecule has 73 heavy (non-hydrogen) atoms. The number of aromatic nitrogens is 2. The summed E-state index contributed by atoms with van der Waals surface area (Å²) in [6.45, 7) is 22.7. The third kappa shape index (κ3) is 11.5. The predicted molar refractivity (Wildman–Crippen MR) is 284 cm³/mol. The van der Waals surface area contributed by atoms with Crippen molar-refractivity contribution in [3.63, 3.8) is 0 Å². The minimum absolute atomic E-state index is 0.0444. The van der Waals surface area contributed by atoms with Crippen LogP contribution in [0.1, 0.15) is 146 Å². The molecular weight excluding hydrogens is 917 g/mol. The normalized spacial score (nSPS) is 13.7. The number of hydrogen-bond donors (Lipinski definition) is 1. The van der Waals surface area contributed by atoms with E-state index in [9.17, 15) is 24.3 Å². The number of amides is 2. The second kappa shape index (κ2) is 22.6. The van der Waals surface area contributed by atoms with E-state index in [-0.39, 0.29) is 42.5 Å². The Morgan fingerprint density at radius 1 is 0.521 bits per heavy atom. The number of carboxylic acid groups (broad SMARTS) is 1. The fourth-order valence-electron chi connectivity index (χ4n) is 10.6. The lowest BCUT2D eigenvalue weighted by molar-refractivity contribution is -0.141. The Bertz CT molecular complexity index is 3070. The van der Waals surface area contributed by atoms with Gasteiger partial charge in [0.15, 0.2) is 0 Å². The van der Waals surface area contributed by atoms with Crippen LogP contribution in [-0.2, 0) is 40.3 Å². The number of nitrogens with zero attached hydrogens (tertiary/aromatic N) is 4. The van der Waals surface area contributed by atoms with Gasteiger partial charge in [-0.05, 0) is 182 Å². The number of aryl methyl sites for hydroxylation is 6. The van der Waals surface area contributed by atoms with Crippen LogP contribution in [0.3, 0.4) is 0 Å². The number of carbonyl (C=O) groups excluding carboxylic acids is 3. The van der Waals surface area contributed by atoms with Crippen LogP contribution in [0.2, 0.25) is 0 Å². The molecule has 4 heterocycles. The van der Waals surface area contributed by atoms with E-state index in [1.807, 2.05) is 69.5 Å². The van der Waals surface area contributed by atoms with Gasteiger partial charge in [-0.2, -0.15) is 0 Å². The van der Waals surface area contributed by atoms with Gasteiger partial charge in [-0.25, -0.2) is 9.97 Å². The number of rotatable bonds is 12. The van der Waals surface area contributed by atoms with E-state index in [1.165, 1.54) is 18.2 Å². The van der Waals surface area contributed by atoms with Gasteiger partial charge in [-0.1, -0.05) is 48.5 Å². The number of hydrogen-bond acceptors (Lipinski definition) is 9. The van der Waals surface area contributed by atoms with Crippen LogP contribution >= 0.6 is 0 Å². The molecule has 0 saturated heterocycles. The van der Waals surface area contributed by atoms with Crippen LogP contribution in [0.15, 0.2) is 73.1 Å². The number of carboxylic acids is 1. The molecular formula is C61H70N4O8. The minimum atomic E-state index is -0.870. The molecule has 2 aromatic heterocycles. The van der Waals surface area contributed by atoms with Crippen molar-refractivity contribution in [2.75, 3.05) is 34.4 Å². The van der Waals surface area contributed by atoms with Crippen LogP contribution in [0, 0.1) is 69.2 Å². The highest BCUT2D eigenvalue weighted by molar-refractivity contribution is 5.98. The van der Waals surface area contributed by atoms with Crippen molar-refractivity contribution < 1.29 is 38.5 Å². The lowest BCUT2D eigenvalue weighted by Gasteiger charge is -2.31. The maximum Gasteiger partial charge on any atom is 0.306 e. The van der Waals surface area contributed by atoms with Gasteiger partial charge in [-0.3, -0.25) is 19.2 Å². The summed E-state index contributed by atoms with van der Waals surface area (Å²) in [5, 5.41) is 9.68. The van der Waals surface area contributed by atoms with Gasteiger partial charge in [0.1, 0.15) is 0 Å². The Hall–Kier alpha value is -7.34. The first-order chi connectivity index (χ1) is 34.7. The summed E-state index contributed by atoms with van der Waals surface area (Å²) in [6, 6.07) is 20.5. The molecule has 12 heteroatoms. The lowest BCUT2D eigenvalue weighted by Crippen LogP contribution is -2.37. The van der Waals surface area contributed by atoms with Crippen LogP contribution < -0.4 is 9.47 Å². The van der Waals surface area contributed by atoms with E-state index in [4.69, 9.17) is 14.2 Å². The molecule has 4 aromatic carbocycles. The zero-order valence-corrected chi connectivity index (χ0v) is 44.8. The third-order valence-corrected chi connectivity index (χ3v) is 15.4. The van der Waals surface area contributed by atoms with Crippen LogP contribution in [0.4, 0.5) is 0 Å². The van der Waals surface area contributed by atoms with E-state index >= 15 is 0 Å². The standard InChI is InChI=1S/C31H36N2O4.C30H34N2O4/c1-18-12-19(2)22(5)30(21(18)4)31(35)33-11-10-23-8-9-24(14-25(23)17-33)26(15-29(34)37-7)27-16-32-28(36-6)13-20(27)3;1-17-11-18(2)21(5)29(20(17)4)30(35)32-10-9-22-7-8-23(13-24(22)16-32)25(14-28(33)34)26-15-31-27(36-6)12-19(26)3/h8-9,12-14,16,26H,10-11,15,17H2,1-7H3;7-8,11-13,15,25H,9-10,14,16H2,1-6H3,(H,33,34). The van der Waals surface area contributed by atoms with Crippen molar-refractivity contribution >= 4 is 23.8 Å². The number of benzene rings is 4. The fraction of sp³-hybridized carbons (Fsp3) is 0.377. The van der Waals surface area contributed by atoms with E-state index in [0.717, 1.165) is 113 Å². The first-order valence-electron chi connectivity index (χ1n) is 25.0. The highest BCUT2D eigenvalue weighted by atomic mass is 16.5. The molecule has 1 N–H and O–H groups in total. The predicted octanol–water partition coefficient (Wildman–Crippen LogP) is 11.0. The van der Waals surface area contributed by atoms with Crippen molar-refractivity contribution in [3.05, 3.63) is 184 Å². The second-order valence-corrected chi connectivity index (χ2v) is 19.9. The number of fused-ring (bicyclic) bond motifs is 2. The molecule has 382 valence electrons. The molecule has 2 aliphatic heterocycles. The molecule has 0 aliphatic carbocycles. The van der Waals surface area contributed by atoms with Gasteiger partial charge in [0.2, 0.25) is 11.8 Å². The first kappa shape index (κ1) is 53.5. The number of ether oxygens (including phenoxy) is 3. The molecule has 2 amide bonds. The average Bonchev–Trinajstić information content (AvgIpc) is 3.37. The highest BCUT2D eigenvalue weighted by Gasteiger charge is 2.30. The third-order valence-electron chi connectivity index (χ3n) is 15.4. The van der Waals surface area contributed by atoms with Gasteiger partial charge in [-0.15, -0.1) is 0 Å². The SMILES string of the molecule is COC(=O)CC(c1ccc2c(c1)CN(C(=O)c1c(C)c(C)cc(C)c1C)CC2)c1cnc(OC)cc1C.COc1cc(C)c(C(CC(=O)O)c2ccc3c(c2)CN(C(=O)c2c(C)c(C)cc(C)c2C)CC3)cn1. The van der Waals surface area contributed by atoms with Gasteiger partial charge in [0.05, 0.1) is 34.2 Å². The average molecular weight is 987 g/mol. The zero-order valence-electron chi connectivity index (χ0n) is 44.8. The van der Waals surface area contributed by atoms with E-state index in [0.29, 0.717) is 37.9 Å². The van der Waals surface area contributed by atoms with Gasteiger partial charge in [0, 0.05) is 73.7 Å². The number of carbonyl (C=O) groups is 4. The molecule has 6 aromatic rings. The van der Waals surface area contributed by atoms with Crippen molar-refractivity contribution in [2.24, 2.45) is 0 Å². The monoisotopic (exact) mass is 987 g/mol. The number of methoxy groups -OCH3 is 3. The Balaban J connectivity index is 0.000000214.